The van der Waals surface area contributed by atoms with Crippen molar-refractivity contribution >= 4 is 18.3 Å². The highest BCUT2D eigenvalue weighted by molar-refractivity contribution is 5.91. The van der Waals surface area contributed by atoms with E-state index < -0.39 is 11.7 Å². The molecule has 1 aliphatic heterocycles. The molecule has 0 saturated carbocycles. The molecule has 0 aromatic carbocycles. The molecule has 1 amide bonds. The van der Waals surface area contributed by atoms with Crippen LogP contribution in [0.25, 0.3) is 0 Å². The summed E-state index contributed by atoms with van der Waals surface area (Å²) in [7, 11) is 0. The third-order valence-electron chi connectivity index (χ3n) is 2.06. The van der Waals surface area contributed by atoms with Gasteiger partial charge in [0.05, 0.1) is 0 Å². The molecule has 0 spiro atoms. The van der Waals surface area contributed by atoms with E-state index in [4.69, 9.17) is 0 Å². The van der Waals surface area contributed by atoms with E-state index in [2.05, 4.69) is 10.6 Å². The predicted octanol–water partition coefficient (Wildman–Crippen LogP) is 1.01. The van der Waals surface area contributed by atoms with E-state index in [1.54, 1.807) is 13.8 Å². The van der Waals surface area contributed by atoms with Gasteiger partial charge in [0.1, 0.15) is 0 Å². The average Bonchev–Trinajstić information content (AvgIpc) is 1.99. The van der Waals surface area contributed by atoms with Gasteiger partial charge in [-0.3, -0.25) is 4.79 Å². The van der Waals surface area contributed by atoms with Crippen molar-refractivity contribution in [3.63, 3.8) is 0 Å². The second kappa shape index (κ2) is 5.98. The molecule has 1 fully saturated rings. The fourth-order valence-corrected chi connectivity index (χ4v) is 1.03. The Morgan fingerprint density at radius 1 is 1.50 bits per heavy atom. The van der Waals surface area contributed by atoms with Crippen LogP contribution in [0.2, 0.25) is 0 Å². The highest BCUT2D eigenvalue weighted by Gasteiger charge is 2.18. The highest BCUT2D eigenvalue weighted by atomic mass is 35.5. The molecule has 0 atom stereocenters. The molecule has 82 valence electrons. The Hall–Kier alpha value is -0.610. The van der Waals surface area contributed by atoms with Crippen LogP contribution in [0, 0.1) is 5.92 Å². The summed E-state index contributed by atoms with van der Waals surface area (Å²) < 4.78 is 12.9. The van der Waals surface area contributed by atoms with E-state index in [0.29, 0.717) is 18.0 Å². The number of halogens is 2. The number of hydrogen-bond donors (Lipinski definition) is 2. The highest BCUT2D eigenvalue weighted by Crippen LogP contribution is 2.05. The maximum Gasteiger partial charge on any atom is 0.279 e. The van der Waals surface area contributed by atoms with Crippen molar-refractivity contribution in [2.24, 2.45) is 5.92 Å². The summed E-state index contributed by atoms with van der Waals surface area (Å²) in [6, 6.07) is 0. The molecule has 1 aliphatic rings. The number of allylic oxidation sites excluding steroid dienone is 1. The van der Waals surface area contributed by atoms with Gasteiger partial charge in [0.25, 0.3) is 5.91 Å². The Kier molecular flexibility index (Phi) is 5.72. The molecule has 1 rings (SSSR count). The lowest BCUT2D eigenvalue weighted by Gasteiger charge is -2.26. The average molecular weight is 223 g/mol. The van der Waals surface area contributed by atoms with Crippen LogP contribution < -0.4 is 10.6 Å². The zero-order valence-electron chi connectivity index (χ0n) is 8.39. The van der Waals surface area contributed by atoms with Crippen LogP contribution in [0.5, 0.6) is 0 Å². The molecule has 5 heteroatoms. The smallest absolute Gasteiger partial charge is 0.279 e. The van der Waals surface area contributed by atoms with E-state index in [-0.39, 0.29) is 12.4 Å². The molecule has 0 aromatic heterocycles. The van der Waals surface area contributed by atoms with Crippen LogP contribution in [-0.2, 0) is 4.79 Å². The van der Waals surface area contributed by atoms with Crippen LogP contribution >= 0.6 is 12.4 Å². The zero-order chi connectivity index (χ0) is 9.84. The lowest BCUT2D eigenvalue weighted by molar-refractivity contribution is -0.119. The minimum atomic E-state index is -0.660. The summed E-state index contributed by atoms with van der Waals surface area (Å²) in [6.07, 6.45) is 0. The van der Waals surface area contributed by atoms with Gasteiger partial charge in [-0.1, -0.05) is 0 Å². The van der Waals surface area contributed by atoms with Crippen molar-refractivity contribution in [3.8, 4) is 0 Å². The Morgan fingerprint density at radius 3 is 2.43 bits per heavy atom. The molecular weight excluding hydrogens is 207 g/mol. The van der Waals surface area contributed by atoms with Crippen LogP contribution in [0.3, 0.4) is 0 Å². The largest absolute Gasteiger partial charge is 0.350 e. The quantitative estimate of drug-likeness (QED) is 0.700. The first-order valence-electron chi connectivity index (χ1n) is 4.43. The van der Waals surface area contributed by atoms with Crippen LogP contribution in [0.4, 0.5) is 4.39 Å². The summed E-state index contributed by atoms with van der Waals surface area (Å²) in [6.45, 7) is 5.56. The fourth-order valence-electron chi connectivity index (χ4n) is 1.03. The van der Waals surface area contributed by atoms with Crippen LogP contribution in [0.15, 0.2) is 11.4 Å². The number of hydrogen-bond acceptors (Lipinski definition) is 2. The van der Waals surface area contributed by atoms with Gasteiger partial charge < -0.3 is 10.6 Å². The first kappa shape index (κ1) is 13.4. The van der Waals surface area contributed by atoms with E-state index >= 15 is 0 Å². The standard InChI is InChI=1S/C9H15FN2O.ClH/c1-6(2)8(10)9(13)12-5-7-3-11-4-7;/h7,11H,3-5H2,1-2H3,(H,12,13);1H. The maximum absolute atomic E-state index is 12.9. The molecule has 0 aromatic rings. The van der Waals surface area contributed by atoms with Gasteiger partial charge >= 0.3 is 0 Å². The van der Waals surface area contributed by atoms with Gasteiger partial charge in [0, 0.05) is 25.6 Å². The summed E-state index contributed by atoms with van der Waals surface area (Å²) in [4.78, 5) is 11.1. The van der Waals surface area contributed by atoms with Gasteiger partial charge in [0.2, 0.25) is 0 Å². The summed E-state index contributed by atoms with van der Waals surface area (Å²) in [5.41, 5.74) is 0.421. The van der Waals surface area contributed by atoms with Crippen molar-refractivity contribution in [3.05, 3.63) is 11.4 Å². The molecule has 1 heterocycles. The Balaban J connectivity index is 0.00000169. The molecule has 2 N–H and O–H groups in total. The summed E-state index contributed by atoms with van der Waals surface area (Å²) >= 11 is 0. The Morgan fingerprint density at radius 2 is 2.07 bits per heavy atom. The second-order valence-electron chi connectivity index (χ2n) is 3.55. The normalized spacial score (nSPS) is 15.1. The van der Waals surface area contributed by atoms with Crippen molar-refractivity contribution in [2.75, 3.05) is 19.6 Å². The van der Waals surface area contributed by atoms with Gasteiger partial charge in [-0.05, 0) is 19.4 Å². The first-order valence-corrected chi connectivity index (χ1v) is 4.43. The molecule has 1 saturated heterocycles. The topological polar surface area (TPSA) is 41.1 Å². The molecular formula is C9H16ClFN2O. The lowest BCUT2D eigenvalue weighted by Crippen LogP contribution is -2.48. The molecule has 0 aliphatic carbocycles. The number of amides is 1. The van der Waals surface area contributed by atoms with Gasteiger partial charge in [-0.25, -0.2) is 4.39 Å². The molecule has 0 unspecified atom stereocenters. The monoisotopic (exact) mass is 222 g/mol. The number of carbonyl (C=O) groups is 1. The molecule has 0 radical (unpaired) electrons. The lowest BCUT2D eigenvalue weighted by atomic mass is 10.0. The van der Waals surface area contributed by atoms with Crippen LogP contribution in [-0.4, -0.2) is 25.5 Å². The number of rotatable bonds is 3. The Bertz CT molecular complexity index is 235. The predicted molar refractivity (Wildman–Crippen MR) is 56.1 cm³/mol. The fraction of sp³-hybridized carbons (Fsp3) is 0.667. The first-order chi connectivity index (χ1) is 6.11. The Labute approximate surface area is 89.5 Å². The van der Waals surface area contributed by atoms with Crippen molar-refractivity contribution in [1.29, 1.82) is 0 Å². The SMILES string of the molecule is CC(C)=C(F)C(=O)NCC1CNC1.Cl. The van der Waals surface area contributed by atoms with Gasteiger partial charge in [-0.2, -0.15) is 0 Å². The van der Waals surface area contributed by atoms with Gasteiger partial charge in [-0.15, -0.1) is 12.4 Å². The molecule has 3 nitrogen and oxygen atoms in total. The number of nitrogens with one attached hydrogen (secondary N) is 2. The van der Waals surface area contributed by atoms with Crippen molar-refractivity contribution in [2.45, 2.75) is 13.8 Å². The van der Waals surface area contributed by atoms with Crippen molar-refractivity contribution < 1.29 is 9.18 Å². The molecule has 0 bridgehead atoms. The maximum atomic E-state index is 12.9. The van der Waals surface area contributed by atoms with E-state index in [1.165, 1.54) is 0 Å². The second-order valence-corrected chi connectivity index (χ2v) is 3.55. The summed E-state index contributed by atoms with van der Waals surface area (Å²) in [5.74, 6) is -0.784. The zero-order valence-corrected chi connectivity index (χ0v) is 9.21. The van der Waals surface area contributed by atoms with Gasteiger partial charge in [0.15, 0.2) is 5.83 Å². The third-order valence-corrected chi connectivity index (χ3v) is 2.06. The van der Waals surface area contributed by atoms with Crippen molar-refractivity contribution in [1.82, 2.24) is 10.6 Å². The van der Waals surface area contributed by atoms with E-state index in [9.17, 15) is 9.18 Å². The summed E-state index contributed by atoms with van der Waals surface area (Å²) in [5, 5.41) is 5.63. The third kappa shape index (κ3) is 3.64. The van der Waals surface area contributed by atoms with E-state index in [1.807, 2.05) is 0 Å². The number of carbonyl (C=O) groups excluding carboxylic acids is 1. The van der Waals surface area contributed by atoms with E-state index in [0.717, 1.165) is 13.1 Å². The minimum absolute atomic E-state index is 0. The minimum Gasteiger partial charge on any atom is -0.350 e. The van der Waals surface area contributed by atoms with Crippen LogP contribution in [0.1, 0.15) is 13.8 Å². The molecule has 14 heavy (non-hydrogen) atoms.